The first-order valence-electron chi connectivity index (χ1n) is 5.52. The zero-order valence-corrected chi connectivity index (χ0v) is 11.2. The highest BCUT2D eigenvalue weighted by atomic mass is 35.5. The Morgan fingerprint density at radius 3 is 2.84 bits per heavy atom. The molecule has 1 fully saturated rings. The minimum absolute atomic E-state index is 0.0743. The summed E-state index contributed by atoms with van der Waals surface area (Å²) in [6, 6.07) is 1.43. The van der Waals surface area contributed by atoms with E-state index in [0.717, 1.165) is 0 Å². The van der Waals surface area contributed by atoms with Crippen molar-refractivity contribution in [3.63, 3.8) is 0 Å². The molecule has 0 radical (unpaired) electrons. The van der Waals surface area contributed by atoms with Crippen molar-refractivity contribution in [3.8, 4) is 5.88 Å². The minimum Gasteiger partial charge on any atom is -0.481 e. The van der Waals surface area contributed by atoms with Gasteiger partial charge in [0.1, 0.15) is 5.15 Å². The number of methoxy groups -OCH3 is 2. The lowest BCUT2D eigenvalue weighted by molar-refractivity contribution is -0.145. The van der Waals surface area contributed by atoms with Crippen molar-refractivity contribution in [2.45, 2.75) is 6.42 Å². The third-order valence-electron chi connectivity index (χ3n) is 2.77. The van der Waals surface area contributed by atoms with Gasteiger partial charge in [0.15, 0.2) is 0 Å². The van der Waals surface area contributed by atoms with Crippen molar-refractivity contribution in [1.82, 2.24) is 9.97 Å². The van der Waals surface area contributed by atoms with Crippen molar-refractivity contribution in [2.75, 3.05) is 25.7 Å². The molecule has 0 spiro atoms. The summed E-state index contributed by atoms with van der Waals surface area (Å²) in [5.74, 6) is -0.805. The maximum atomic E-state index is 11.9. The molecular formula is C11H12ClN3O4. The molecule has 1 aromatic rings. The molecule has 0 aromatic carbocycles. The van der Waals surface area contributed by atoms with E-state index in [1.165, 1.54) is 25.2 Å². The van der Waals surface area contributed by atoms with Gasteiger partial charge in [-0.05, 0) is 0 Å². The molecular weight excluding hydrogens is 274 g/mol. The first-order valence-corrected chi connectivity index (χ1v) is 5.89. The number of aromatic nitrogens is 2. The largest absolute Gasteiger partial charge is 0.481 e. The quantitative estimate of drug-likeness (QED) is 0.599. The molecule has 2 heterocycles. The summed E-state index contributed by atoms with van der Waals surface area (Å²) in [6.07, 6.45) is 0.0743. The number of esters is 1. The Hall–Kier alpha value is -1.89. The number of carbonyl (C=O) groups is 2. The van der Waals surface area contributed by atoms with Gasteiger partial charge in [0.05, 0.1) is 20.1 Å². The van der Waals surface area contributed by atoms with Crippen molar-refractivity contribution < 1.29 is 19.1 Å². The van der Waals surface area contributed by atoms with Gasteiger partial charge in [-0.15, -0.1) is 0 Å². The molecule has 1 amide bonds. The standard InChI is InChI=1S/C11H12ClN3O4/c1-18-8-4-7(12)13-11(14-8)15-5-6(3-9(15)16)10(17)19-2/h4,6H,3,5H2,1-2H3. The first-order chi connectivity index (χ1) is 9.05. The maximum Gasteiger partial charge on any atom is 0.311 e. The lowest BCUT2D eigenvalue weighted by Gasteiger charge is -2.14. The van der Waals surface area contributed by atoms with E-state index in [0.29, 0.717) is 0 Å². The Morgan fingerprint density at radius 2 is 2.21 bits per heavy atom. The van der Waals surface area contributed by atoms with Crippen LogP contribution in [0.25, 0.3) is 0 Å². The molecule has 1 unspecified atom stereocenters. The number of halogens is 1. The van der Waals surface area contributed by atoms with Crippen LogP contribution in [0.1, 0.15) is 6.42 Å². The number of nitrogens with zero attached hydrogens (tertiary/aromatic N) is 3. The van der Waals surface area contributed by atoms with E-state index < -0.39 is 11.9 Å². The van der Waals surface area contributed by atoms with E-state index in [1.54, 1.807) is 0 Å². The average molecular weight is 286 g/mol. The van der Waals surface area contributed by atoms with Crippen LogP contribution in [-0.2, 0) is 14.3 Å². The predicted octanol–water partition coefficient (Wildman–Crippen LogP) is 0.664. The second kappa shape index (κ2) is 5.40. The highest BCUT2D eigenvalue weighted by molar-refractivity contribution is 6.29. The molecule has 0 bridgehead atoms. The van der Waals surface area contributed by atoms with E-state index in [2.05, 4.69) is 14.7 Å². The van der Waals surface area contributed by atoms with Gasteiger partial charge in [0.25, 0.3) is 0 Å². The average Bonchev–Trinajstić information content (AvgIpc) is 2.79. The van der Waals surface area contributed by atoms with E-state index in [1.807, 2.05) is 0 Å². The summed E-state index contributed by atoms with van der Waals surface area (Å²) < 4.78 is 9.59. The van der Waals surface area contributed by atoms with Gasteiger partial charge in [-0.1, -0.05) is 11.6 Å². The van der Waals surface area contributed by atoms with Crippen molar-refractivity contribution >= 4 is 29.4 Å². The summed E-state index contributed by atoms with van der Waals surface area (Å²) >= 11 is 5.82. The van der Waals surface area contributed by atoms with Crippen LogP contribution in [0.5, 0.6) is 5.88 Å². The minimum atomic E-state index is -0.508. The van der Waals surface area contributed by atoms with Gasteiger partial charge >= 0.3 is 5.97 Å². The fourth-order valence-electron chi connectivity index (χ4n) is 1.84. The van der Waals surface area contributed by atoms with Crippen LogP contribution in [-0.4, -0.2) is 42.6 Å². The van der Waals surface area contributed by atoms with Crippen LogP contribution in [0.2, 0.25) is 5.15 Å². The third kappa shape index (κ3) is 2.76. The molecule has 8 heteroatoms. The monoisotopic (exact) mass is 285 g/mol. The molecule has 2 rings (SSSR count). The summed E-state index contributed by atoms with van der Waals surface area (Å²) in [7, 11) is 2.72. The summed E-state index contributed by atoms with van der Waals surface area (Å²) in [4.78, 5) is 32.6. The first kappa shape index (κ1) is 13.5. The molecule has 0 N–H and O–H groups in total. The van der Waals surface area contributed by atoms with Crippen molar-refractivity contribution in [2.24, 2.45) is 5.92 Å². The van der Waals surface area contributed by atoms with Gasteiger partial charge in [0, 0.05) is 19.0 Å². The van der Waals surface area contributed by atoms with Crippen LogP contribution >= 0.6 is 11.6 Å². The Labute approximate surface area is 114 Å². The van der Waals surface area contributed by atoms with Crippen LogP contribution in [0, 0.1) is 5.92 Å². The summed E-state index contributed by atoms with van der Waals surface area (Å²) in [5, 5.41) is 0.163. The third-order valence-corrected chi connectivity index (χ3v) is 2.96. The fraction of sp³-hybridized carbons (Fsp3) is 0.455. The molecule has 0 aliphatic carbocycles. The van der Waals surface area contributed by atoms with Crippen molar-refractivity contribution in [1.29, 1.82) is 0 Å². The van der Waals surface area contributed by atoms with Crippen LogP contribution in [0.4, 0.5) is 5.95 Å². The number of hydrogen-bond donors (Lipinski definition) is 0. The molecule has 1 aliphatic heterocycles. The molecule has 19 heavy (non-hydrogen) atoms. The normalized spacial score (nSPS) is 18.6. The zero-order chi connectivity index (χ0) is 14.0. The van der Waals surface area contributed by atoms with Gasteiger partial charge < -0.3 is 9.47 Å². The Balaban J connectivity index is 2.25. The molecule has 1 aliphatic rings. The van der Waals surface area contributed by atoms with Crippen LogP contribution < -0.4 is 9.64 Å². The molecule has 102 valence electrons. The number of carbonyl (C=O) groups excluding carboxylic acids is 2. The van der Waals surface area contributed by atoms with Crippen LogP contribution in [0.3, 0.4) is 0 Å². The Bertz CT molecular complexity index is 523. The zero-order valence-electron chi connectivity index (χ0n) is 10.4. The van der Waals surface area contributed by atoms with Crippen molar-refractivity contribution in [3.05, 3.63) is 11.2 Å². The number of amides is 1. The molecule has 1 aromatic heterocycles. The fourth-order valence-corrected chi connectivity index (χ4v) is 2.01. The number of anilines is 1. The smallest absolute Gasteiger partial charge is 0.311 e. The summed E-state index contributed by atoms with van der Waals surface area (Å²) in [6.45, 7) is 0.176. The van der Waals surface area contributed by atoms with Gasteiger partial charge in [0.2, 0.25) is 17.7 Å². The molecule has 1 atom stereocenters. The molecule has 1 saturated heterocycles. The van der Waals surface area contributed by atoms with Gasteiger partial charge in [-0.25, -0.2) is 4.98 Å². The number of ether oxygens (including phenoxy) is 2. The van der Waals surface area contributed by atoms with E-state index in [4.69, 9.17) is 16.3 Å². The van der Waals surface area contributed by atoms with Crippen LogP contribution in [0.15, 0.2) is 6.07 Å². The SMILES string of the molecule is COC(=O)C1CC(=O)N(c2nc(Cl)cc(OC)n2)C1. The van der Waals surface area contributed by atoms with E-state index in [9.17, 15) is 9.59 Å². The highest BCUT2D eigenvalue weighted by Gasteiger charge is 2.37. The number of hydrogen-bond acceptors (Lipinski definition) is 6. The topological polar surface area (TPSA) is 81.6 Å². The Kier molecular flexibility index (Phi) is 3.84. The maximum absolute atomic E-state index is 11.9. The highest BCUT2D eigenvalue weighted by Crippen LogP contribution is 2.26. The molecule has 0 saturated carbocycles. The Morgan fingerprint density at radius 1 is 1.47 bits per heavy atom. The van der Waals surface area contributed by atoms with Gasteiger partial charge in [-0.2, -0.15) is 4.98 Å². The molecule has 7 nitrogen and oxygen atoms in total. The predicted molar refractivity (Wildman–Crippen MR) is 66.1 cm³/mol. The second-order valence-corrected chi connectivity index (χ2v) is 4.35. The lowest BCUT2D eigenvalue weighted by Crippen LogP contribution is -2.28. The van der Waals surface area contributed by atoms with E-state index in [-0.39, 0.29) is 35.9 Å². The summed E-state index contributed by atoms with van der Waals surface area (Å²) in [5.41, 5.74) is 0. The number of rotatable bonds is 3. The lowest BCUT2D eigenvalue weighted by atomic mass is 10.1. The van der Waals surface area contributed by atoms with Gasteiger partial charge in [-0.3, -0.25) is 14.5 Å². The second-order valence-electron chi connectivity index (χ2n) is 3.96. The van der Waals surface area contributed by atoms with E-state index >= 15 is 0 Å².